The standard InChI is InChI=1S/C13H20N2O2/c1-2-15-10-11(9-14-15)7-12(16)8-13-5-3-4-6-17-13/h9-10,13H,2-8H2,1H3. The van der Waals surface area contributed by atoms with E-state index in [0.717, 1.165) is 31.6 Å². The number of ketones is 1. The van der Waals surface area contributed by atoms with Gasteiger partial charge >= 0.3 is 0 Å². The summed E-state index contributed by atoms with van der Waals surface area (Å²) in [5.74, 6) is 0.257. The van der Waals surface area contributed by atoms with Gasteiger partial charge in [0.05, 0.1) is 12.3 Å². The van der Waals surface area contributed by atoms with E-state index in [9.17, 15) is 4.79 Å². The summed E-state index contributed by atoms with van der Waals surface area (Å²) in [6.45, 7) is 3.69. The lowest BCUT2D eigenvalue weighted by Gasteiger charge is -2.21. The van der Waals surface area contributed by atoms with Gasteiger partial charge in [-0.15, -0.1) is 0 Å². The average Bonchev–Trinajstić information content (AvgIpc) is 2.78. The molecule has 0 saturated carbocycles. The molecule has 17 heavy (non-hydrogen) atoms. The summed E-state index contributed by atoms with van der Waals surface area (Å²) in [7, 11) is 0. The first-order valence-corrected chi connectivity index (χ1v) is 6.42. The highest BCUT2D eigenvalue weighted by atomic mass is 16.5. The highest BCUT2D eigenvalue weighted by Gasteiger charge is 2.17. The van der Waals surface area contributed by atoms with Gasteiger partial charge in [0.15, 0.2) is 0 Å². The zero-order chi connectivity index (χ0) is 12.1. The molecule has 0 amide bonds. The molecule has 1 aliphatic heterocycles. The van der Waals surface area contributed by atoms with Crippen LogP contribution in [-0.2, 0) is 22.5 Å². The van der Waals surface area contributed by atoms with Crippen molar-refractivity contribution in [1.29, 1.82) is 0 Å². The lowest BCUT2D eigenvalue weighted by atomic mass is 10.0. The number of rotatable bonds is 5. The summed E-state index contributed by atoms with van der Waals surface area (Å²) in [4.78, 5) is 11.9. The van der Waals surface area contributed by atoms with Crippen molar-refractivity contribution in [3.63, 3.8) is 0 Å². The highest BCUT2D eigenvalue weighted by Crippen LogP contribution is 2.16. The molecule has 1 saturated heterocycles. The Labute approximate surface area is 102 Å². The van der Waals surface area contributed by atoms with Crippen LogP contribution in [0.5, 0.6) is 0 Å². The fourth-order valence-electron chi connectivity index (χ4n) is 2.19. The minimum atomic E-state index is 0.150. The van der Waals surface area contributed by atoms with Crippen molar-refractivity contribution >= 4 is 5.78 Å². The van der Waals surface area contributed by atoms with E-state index in [0.29, 0.717) is 12.8 Å². The lowest BCUT2D eigenvalue weighted by molar-refractivity contribution is -0.122. The Morgan fingerprint density at radius 3 is 3.12 bits per heavy atom. The van der Waals surface area contributed by atoms with Crippen LogP contribution in [0.2, 0.25) is 0 Å². The van der Waals surface area contributed by atoms with Crippen LogP contribution in [0.3, 0.4) is 0 Å². The molecule has 1 unspecified atom stereocenters. The number of ether oxygens (including phenoxy) is 1. The SMILES string of the molecule is CCn1cc(CC(=O)CC2CCCCO2)cn1. The Kier molecular flexibility index (Phi) is 4.31. The molecule has 0 N–H and O–H groups in total. The maximum Gasteiger partial charge on any atom is 0.139 e. The van der Waals surface area contributed by atoms with Crippen LogP contribution >= 0.6 is 0 Å². The highest BCUT2D eigenvalue weighted by molar-refractivity contribution is 5.81. The van der Waals surface area contributed by atoms with Gasteiger partial charge in [-0.1, -0.05) is 0 Å². The summed E-state index contributed by atoms with van der Waals surface area (Å²) in [5.41, 5.74) is 1.01. The minimum Gasteiger partial charge on any atom is -0.378 e. The molecule has 1 aromatic heterocycles. The Balaban J connectivity index is 1.79. The Bertz CT molecular complexity index is 367. The summed E-state index contributed by atoms with van der Waals surface area (Å²) in [6.07, 6.45) is 8.26. The fraction of sp³-hybridized carbons (Fsp3) is 0.692. The van der Waals surface area contributed by atoms with E-state index in [1.54, 1.807) is 6.20 Å². The predicted octanol–water partition coefficient (Wildman–Crippen LogP) is 1.97. The van der Waals surface area contributed by atoms with Crippen molar-refractivity contribution in [3.8, 4) is 0 Å². The topological polar surface area (TPSA) is 44.1 Å². The third-order valence-electron chi connectivity index (χ3n) is 3.14. The Hall–Kier alpha value is -1.16. The van der Waals surface area contributed by atoms with Gasteiger partial charge in [0.2, 0.25) is 0 Å². The van der Waals surface area contributed by atoms with Crippen molar-refractivity contribution < 1.29 is 9.53 Å². The number of hydrogen-bond donors (Lipinski definition) is 0. The molecule has 0 spiro atoms. The second kappa shape index (κ2) is 5.96. The van der Waals surface area contributed by atoms with E-state index in [1.165, 1.54) is 6.42 Å². The number of aryl methyl sites for hydroxylation is 1. The van der Waals surface area contributed by atoms with Crippen molar-refractivity contribution in [2.24, 2.45) is 0 Å². The van der Waals surface area contributed by atoms with Gasteiger partial charge in [-0.05, 0) is 31.7 Å². The number of nitrogens with zero attached hydrogens (tertiary/aromatic N) is 2. The van der Waals surface area contributed by atoms with Crippen molar-refractivity contribution in [2.45, 2.75) is 51.7 Å². The van der Waals surface area contributed by atoms with E-state index in [4.69, 9.17) is 4.74 Å². The number of carbonyl (C=O) groups excluding carboxylic acids is 1. The molecule has 1 aromatic rings. The minimum absolute atomic E-state index is 0.150. The van der Waals surface area contributed by atoms with E-state index in [1.807, 2.05) is 17.8 Å². The summed E-state index contributed by atoms with van der Waals surface area (Å²) >= 11 is 0. The molecule has 1 atom stereocenters. The Morgan fingerprint density at radius 2 is 2.47 bits per heavy atom. The van der Waals surface area contributed by atoms with Crippen molar-refractivity contribution in [1.82, 2.24) is 9.78 Å². The van der Waals surface area contributed by atoms with Crippen LogP contribution in [0.15, 0.2) is 12.4 Å². The molecule has 1 fully saturated rings. The van der Waals surface area contributed by atoms with E-state index < -0.39 is 0 Å². The number of hydrogen-bond acceptors (Lipinski definition) is 3. The fourth-order valence-corrected chi connectivity index (χ4v) is 2.19. The van der Waals surface area contributed by atoms with Crippen molar-refractivity contribution in [3.05, 3.63) is 18.0 Å². The second-order valence-electron chi connectivity index (χ2n) is 4.61. The molecular weight excluding hydrogens is 216 g/mol. The molecule has 4 nitrogen and oxygen atoms in total. The maximum absolute atomic E-state index is 11.9. The van der Waals surface area contributed by atoms with Crippen LogP contribution in [0.1, 0.15) is 38.2 Å². The van der Waals surface area contributed by atoms with Gasteiger partial charge in [-0.25, -0.2) is 0 Å². The molecule has 0 radical (unpaired) electrons. The van der Waals surface area contributed by atoms with Gasteiger partial charge in [0, 0.05) is 32.2 Å². The molecule has 0 aliphatic carbocycles. The van der Waals surface area contributed by atoms with E-state index in [-0.39, 0.29) is 11.9 Å². The number of carbonyl (C=O) groups is 1. The normalized spacial score (nSPS) is 20.4. The van der Waals surface area contributed by atoms with Crippen LogP contribution in [-0.4, -0.2) is 28.3 Å². The zero-order valence-corrected chi connectivity index (χ0v) is 10.4. The molecule has 94 valence electrons. The summed E-state index contributed by atoms with van der Waals surface area (Å²) in [6, 6.07) is 0. The molecular formula is C13H20N2O2. The van der Waals surface area contributed by atoms with Crippen LogP contribution in [0.4, 0.5) is 0 Å². The first-order valence-electron chi connectivity index (χ1n) is 6.42. The van der Waals surface area contributed by atoms with E-state index >= 15 is 0 Å². The monoisotopic (exact) mass is 236 g/mol. The molecule has 1 aliphatic rings. The third-order valence-corrected chi connectivity index (χ3v) is 3.14. The van der Waals surface area contributed by atoms with Gasteiger partial charge in [0.25, 0.3) is 0 Å². The van der Waals surface area contributed by atoms with Crippen LogP contribution in [0, 0.1) is 0 Å². The van der Waals surface area contributed by atoms with E-state index in [2.05, 4.69) is 5.10 Å². The molecule has 0 aromatic carbocycles. The van der Waals surface area contributed by atoms with Gasteiger partial charge in [-0.3, -0.25) is 9.48 Å². The average molecular weight is 236 g/mol. The number of Topliss-reactive ketones (excluding diaryl/α,β-unsaturated/α-hetero) is 1. The van der Waals surface area contributed by atoms with Crippen LogP contribution < -0.4 is 0 Å². The quantitative estimate of drug-likeness (QED) is 0.785. The first kappa shape index (κ1) is 12.3. The molecule has 0 bridgehead atoms. The first-order chi connectivity index (χ1) is 8.28. The smallest absolute Gasteiger partial charge is 0.139 e. The lowest BCUT2D eigenvalue weighted by Crippen LogP contribution is -2.23. The Morgan fingerprint density at radius 1 is 1.59 bits per heavy atom. The largest absolute Gasteiger partial charge is 0.378 e. The number of aromatic nitrogens is 2. The summed E-state index contributed by atoms with van der Waals surface area (Å²) < 4.78 is 7.42. The van der Waals surface area contributed by atoms with Gasteiger partial charge < -0.3 is 4.74 Å². The third kappa shape index (κ3) is 3.66. The molecule has 2 rings (SSSR count). The van der Waals surface area contributed by atoms with Crippen LogP contribution in [0.25, 0.3) is 0 Å². The zero-order valence-electron chi connectivity index (χ0n) is 10.4. The van der Waals surface area contributed by atoms with Crippen molar-refractivity contribution in [2.75, 3.05) is 6.61 Å². The van der Waals surface area contributed by atoms with Gasteiger partial charge in [0.1, 0.15) is 5.78 Å². The predicted molar refractivity (Wildman–Crippen MR) is 64.8 cm³/mol. The second-order valence-corrected chi connectivity index (χ2v) is 4.61. The molecule has 2 heterocycles. The molecule has 4 heteroatoms. The summed E-state index contributed by atoms with van der Waals surface area (Å²) in [5, 5.41) is 4.17. The van der Waals surface area contributed by atoms with Gasteiger partial charge in [-0.2, -0.15) is 5.10 Å². The maximum atomic E-state index is 11.9.